The first-order valence-corrected chi connectivity index (χ1v) is 4.15. The lowest BCUT2D eigenvalue weighted by atomic mass is 10.2. The average molecular weight is 161 g/mol. The van der Waals surface area contributed by atoms with E-state index in [4.69, 9.17) is 4.74 Å². The molecule has 0 aromatic carbocycles. The molecule has 0 aromatic heterocycles. The van der Waals surface area contributed by atoms with Crippen LogP contribution >= 0.6 is 0 Å². The molecule has 1 heterocycles. The van der Waals surface area contributed by atoms with Gasteiger partial charge < -0.3 is 4.74 Å². The SMILES string of the molecule is CC(C)N1CCOC[C@H]1CF. The fourth-order valence-electron chi connectivity index (χ4n) is 1.48. The standard InChI is InChI=1S/C8H16FNO/c1-7(2)10-3-4-11-6-8(10)5-9/h7-8H,3-6H2,1-2H3/t8-/m1/s1. The molecule has 0 spiro atoms. The summed E-state index contributed by atoms with van der Waals surface area (Å²) >= 11 is 0. The monoisotopic (exact) mass is 161 g/mol. The van der Waals surface area contributed by atoms with Crippen LogP contribution in [0, 0.1) is 0 Å². The first kappa shape index (κ1) is 8.94. The molecule has 1 atom stereocenters. The van der Waals surface area contributed by atoms with E-state index in [-0.39, 0.29) is 12.7 Å². The minimum atomic E-state index is -0.293. The predicted molar refractivity (Wildman–Crippen MR) is 42.4 cm³/mol. The molecule has 2 nitrogen and oxygen atoms in total. The van der Waals surface area contributed by atoms with Crippen molar-refractivity contribution >= 4 is 0 Å². The highest BCUT2D eigenvalue weighted by Gasteiger charge is 2.24. The van der Waals surface area contributed by atoms with Crippen molar-refractivity contribution in [1.82, 2.24) is 4.90 Å². The summed E-state index contributed by atoms with van der Waals surface area (Å²) < 4.78 is 17.5. The van der Waals surface area contributed by atoms with Crippen LogP contribution in [0.15, 0.2) is 0 Å². The largest absolute Gasteiger partial charge is 0.378 e. The highest BCUT2D eigenvalue weighted by atomic mass is 19.1. The van der Waals surface area contributed by atoms with Crippen LogP contribution in [0.3, 0.4) is 0 Å². The van der Waals surface area contributed by atoms with E-state index in [9.17, 15) is 4.39 Å². The van der Waals surface area contributed by atoms with E-state index in [0.717, 1.165) is 13.2 Å². The van der Waals surface area contributed by atoms with Crippen LogP contribution in [0.1, 0.15) is 13.8 Å². The number of ether oxygens (including phenoxy) is 1. The minimum Gasteiger partial charge on any atom is -0.378 e. The number of nitrogens with zero attached hydrogens (tertiary/aromatic N) is 1. The van der Waals surface area contributed by atoms with Gasteiger partial charge in [0.05, 0.1) is 19.3 Å². The molecule has 11 heavy (non-hydrogen) atoms. The van der Waals surface area contributed by atoms with Gasteiger partial charge in [-0.15, -0.1) is 0 Å². The van der Waals surface area contributed by atoms with E-state index in [1.807, 2.05) is 0 Å². The molecule has 0 aromatic rings. The molecule has 0 N–H and O–H groups in total. The Labute approximate surface area is 67.3 Å². The van der Waals surface area contributed by atoms with E-state index in [0.29, 0.717) is 12.6 Å². The number of morpholine rings is 1. The van der Waals surface area contributed by atoms with Crippen molar-refractivity contribution in [3.05, 3.63) is 0 Å². The van der Waals surface area contributed by atoms with Crippen molar-refractivity contribution in [2.45, 2.75) is 25.9 Å². The van der Waals surface area contributed by atoms with Crippen molar-refractivity contribution in [1.29, 1.82) is 0 Å². The van der Waals surface area contributed by atoms with E-state index in [1.54, 1.807) is 0 Å². The summed E-state index contributed by atoms with van der Waals surface area (Å²) in [7, 11) is 0. The maximum atomic E-state index is 12.4. The Morgan fingerprint density at radius 3 is 2.82 bits per heavy atom. The van der Waals surface area contributed by atoms with Gasteiger partial charge in [-0.2, -0.15) is 0 Å². The van der Waals surface area contributed by atoms with Crippen LogP contribution in [0.2, 0.25) is 0 Å². The Kier molecular flexibility index (Phi) is 3.27. The molecule has 1 aliphatic rings. The van der Waals surface area contributed by atoms with Crippen molar-refractivity contribution in [3.63, 3.8) is 0 Å². The second-order valence-corrected chi connectivity index (χ2v) is 3.21. The van der Waals surface area contributed by atoms with Gasteiger partial charge in [-0.25, -0.2) is 4.39 Å². The number of alkyl halides is 1. The molecular formula is C8H16FNO. The molecule has 0 amide bonds. The lowest BCUT2D eigenvalue weighted by molar-refractivity contribution is -0.0298. The number of rotatable bonds is 2. The molecule has 0 saturated carbocycles. The Balaban J connectivity index is 2.44. The number of hydrogen-bond donors (Lipinski definition) is 0. The van der Waals surface area contributed by atoms with Crippen LogP contribution in [-0.4, -0.2) is 43.4 Å². The van der Waals surface area contributed by atoms with Gasteiger partial charge >= 0.3 is 0 Å². The third-order valence-corrected chi connectivity index (χ3v) is 2.11. The van der Waals surface area contributed by atoms with Gasteiger partial charge in [0.15, 0.2) is 0 Å². The maximum Gasteiger partial charge on any atom is 0.107 e. The molecule has 1 aliphatic heterocycles. The minimum absolute atomic E-state index is 0.0104. The van der Waals surface area contributed by atoms with Crippen LogP contribution in [0.4, 0.5) is 4.39 Å². The van der Waals surface area contributed by atoms with Gasteiger partial charge in [0.1, 0.15) is 6.67 Å². The third kappa shape index (κ3) is 2.14. The quantitative estimate of drug-likeness (QED) is 0.600. The highest BCUT2D eigenvalue weighted by Crippen LogP contribution is 2.10. The molecule has 3 heteroatoms. The van der Waals surface area contributed by atoms with E-state index in [1.165, 1.54) is 0 Å². The Bertz CT molecular complexity index is 119. The molecule has 1 rings (SSSR count). The Morgan fingerprint density at radius 2 is 2.36 bits per heavy atom. The fraction of sp³-hybridized carbons (Fsp3) is 1.00. The van der Waals surface area contributed by atoms with Crippen molar-refractivity contribution in [2.24, 2.45) is 0 Å². The van der Waals surface area contributed by atoms with Crippen LogP contribution in [0.25, 0.3) is 0 Å². The molecule has 0 bridgehead atoms. The fourth-order valence-corrected chi connectivity index (χ4v) is 1.48. The molecule has 0 aliphatic carbocycles. The molecule has 1 fully saturated rings. The van der Waals surface area contributed by atoms with Crippen LogP contribution < -0.4 is 0 Å². The summed E-state index contributed by atoms with van der Waals surface area (Å²) in [6, 6.07) is 0.420. The van der Waals surface area contributed by atoms with Gasteiger partial charge in [0.25, 0.3) is 0 Å². The average Bonchev–Trinajstić information content (AvgIpc) is 2.04. The van der Waals surface area contributed by atoms with Crippen LogP contribution in [-0.2, 0) is 4.74 Å². The smallest absolute Gasteiger partial charge is 0.107 e. The zero-order valence-corrected chi connectivity index (χ0v) is 7.22. The molecule has 66 valence electrons. The molecule has 0 radical (unpaired) electrons. The van der Waals surface area contributed by atoms with Crippen molar-refractivity contribution in [2.75, 3.05) is 26.4 Å². The Morgan fingerprint density at radius 1 is 1.64 bits per heavy atom. The number of halogens is 1. The number of hydrogen-bond acceptors (Lipinski definition) is 2. The highest BCUT2D eigenvalue weighted by molar-refractivity contribution is 4.76. The predicted octanol–water partition coefficient (Wildman–Crippen LogP) is 1.07. The molecule has 1 saturated heterocycles. The lowest BCUT2D eigenvalue weighted by Gasteiger charge is -2.36. The second kappa shape index (κ2) is 4.02. The van der Waals surface area contributed by atoms with Gasteiger partial charge in [0, 0.05) is 12.6 Å². The summed E-state index contributed by atoms with van der Waals surface area (Å²) in [4.78, 5) is 2.16. The normalized spacial score (nSPS) is 27.8. The second-order valence-electron chi connectivity index (χ2n) is 3.21. The first-order chi connectivity index (χ1) is 5.25. The van der Waals surface area contributed by atoms with Gasteiger partial charge in [0.2, 0.25) is 0 Å². The summed E-state index contributed by atoms with van der Waals surface area (Å²) in [6.07, 6.45) is 0. The van der Waals surface area contributed by atoms with E-state index < -0.39 is 0 Å². The van der Waals surface area contributed by atoms with E-state index >= 15 is 0 Å². The van der Waals surface area contributed by atoms with Crippen molar-refractivity contribution < 1.29 is 9.13 Å². The zero-order chi connectivity index (χ0) is 8.27. The third-order valence-electron chi connectivity index (χ3n) is 2.11. The zero-order valence-electron chi connectivity index (χ0n) is 7.22. The Hall–Kier alpha value is -0.150. The van der Waals surface area contributed by atoms with Gasteiger partial charge in [-0.3, -0.25) is 4.90 Å². The summed E-state index contributed by atoms with van der Waals surface area (Å²) in [6.45, 7) is 6.05. The summed E-state index contributed by atoms with van der Waals surface area (Å²) in [5.74, 6) is 0. The van der Waals surface area contributed by atoms with Gasteiger partial charge in [-0.05, 0) is 13.8 Å². The van der Waals surface area contributed by atoms with Gasteiger partial charge in [-0.1, -0.05) is 0 Å². The van der Waals surface area contributed by atoms with Crippen LogP contribution in [0.5, 0.6) is 0 Å². The van der Waals surface area contributed by atoms with Crippen molar-refractivity contribution in [3.8, 4) is 0 Å². The topological polar surface area (TPSA) is 12.5 Å². The summed E-state index contributed by atoms with van der Waals surface area (Å²) in [5, 5.41) is 0. The molecule has 0 unspecified atom stereocenters. The molecular weight excluding hydrogens is 145 g/mol. The lowest BCUT2D eigenvalue weighted by Crippen LogP contribution is -2.49. The first-order valence-electron chi connectivity index (χ1n) is 4.15. The van der Waals surface area contributed by atoms with E-state index in [2.05, 4.69) is 18.7 Å². The maximum absolute atomic E-state index is 12.4. The summed E-state index contributed by atoms with van der Waals surface area (Å²) in [5.41, 5.74) is 0.